The maximum absolute atomic E-state index is 4.89. The van der Waals surface area contributed by atoms with Crippen LogP contribution in [0.1, 0.15) is 85.8 Å². The molecule has 0 N–H and O–H groups in total. The van der Waals surface area contributed by atoms with Crippen molar-refractivity contribution in [3.8, 4) is 0 Å². The average Bonchev–Trinajstić information content (AvgIpc) is 2.96. The zero-order chi connectivity index (χ0) is 20.1. The Morgan fingerprint density at radius 1 is 0.926 bits per heavy atom. The van der Waals surface area contributed by atoms with E-state index in [2.05, 4.69) is 65.5 Å². The summed E-state index contributed by atoms with van der Waals surface area (Å²) in [4.78, 5) is 4.89. The molecule has 0 unspecified atom stereocenters. The Morgan fingerprint density at radius 2 is 1.44 bits per heavy atom. The summed E-state index contributed by atoms with van der Waals surface area (Å²) < 4.78 is 8.19. The summed E-state index contributed by atoms with van der Waals surface area (Å²) in [6, 6.07) is 2.53. The van der Waals surface area contributed by atoms with Gasteiger partial charge in [-0.25, -0.2) is 0 Å². The van der Waals surface area contributed by atoms with Crippen LogP contribution < -0.4 is 3.58 Å². The van der Waals surface area contributed by atoms with E-state index < -0.39 is 18.4 Å². The van der Waals surface area contributed by atoms with E-state index in [4.69, 9.17) is 10.1 Å². The Kier molecular flexibility index (Phi) is 8.20. The number of pyridine rings is 1. The van der Waals surface area contributed by atoms with Gasteiger partial charge in [-0.05, 0) is 0 Å². The zero-order valence-corrected chi connectivity index (χ0v) is 21.7. The Morgan fingerprint density at radius 3 is 1.89 bits per heavy atom. The molecule has 0 aliphatic rings. The number of aromatic nitrogens is 3. The van der Waals surface area contributed by atoms with Crippen LogP contribution in [0.2, 0.25) is 13.3 Å². The predicted molar refractivity (Wildman–Crippen MR) is 122 cm³/mol. The summed E-state index contributed by atoms with van der Waals surface area (Å²) in [6.45, 7) is 13.9. The minimum absolute atomic E-state index is 0.0816. The molecular formula is C23H41N3Sn. The Hall–Kier alpha value is -0.581. The second kappa shape index (κ2) is 9.75. The molecule has 27 heavy (non-hydrogen) atoms. The van der Waals surface area contributed by atoms with Gasteiger partial charge in [0.2, 0.25) is 0 Å². The Labute approximate surface area is 171 Å². The van der Waals surface area contributed by atoms with Crippen molar-refractivity contribution >= 4 is 33.0 Å². The van der Waals surface area contributed by atoms with E-state index in [0.29, 0.717) is 0 Å². The SMILES string of the molecule is CCC[CH2][Sn]([CH2]CCC)([CH2]CCC)[c]1cnc2nn(C)c(C(C)(C)C)c2c1. The molecule has 0 spiro atoms. The molecule has 2 aromatic rings. The van der Waals surface area contributed by atoms with Crippen molar-refractivity contribution in [1.82, 2.24) is 14.8 Å². The summed E-state index contributed by atoms with van der Waals surface area (Å²) in [5, 5.41) is 6.02. The van der Waals surface area contributed by atoms with Crippen LogP contribution >= 0.6 is 0 Å². The molecule has 2 heterocycles. The number of unbranched alkanes of at least 4 members (excludes halogenated alkanes) is 3. The van der Waals surface area contributed by atoms with Gasteiger partial charge in [0.05, 0.1) is 0 Å². The molecule has 0 aliphatic heterocycles. The molecule has 0 atom stereocenters. The number of aryl methyl sites for hydroxylation is 1. The van der Waals surface area contributed by atoms with E-state index in [9.17, 15) is 0 Å². The molecule has 0 aromatic carbocycles. The monoisotopic (exact) mass is 479 g/mol. The first-order chi connectivity index (χ1) is 12.8. The predicted octanol–water partition coefficient (Wildman–Crippen LogP) is 6.32. The van der Waals surface area contributed by atoms with Crippen LogP contribution in [0.4, 0.5) is 0 Å². The molecule has 2 rings (SSSR count). The molecule has 0 amide bonds. The average molecular weight is 478 g/mol. The van der Waals surface area contributed by atoms with Crippen LogP contribution in [-0.4, -0.2) is 33.1 Å². The fourth-order valence-corrected chi connectivity index (χ4v) is 20.3. The molecule has 0 aliphatic carbocycles. The molecule has 3 nitrogen and oxygen atoms in total. The van der Waals surface area contributed by atoms with Gasteiger partial charge in [-0.3, -0.25) is 0 Å². The number of hydrogen-bond acceptors (Lipinski definition) is 2. The van der Waals surface area contributed by atoms with Crippen molar-refractivity contribution in [2.24, 2.45) is 7.05 Å². The normalized spacial score (nSPS) is 12.9. The molecular weight excluding hydrogens is 437 g/mol. The summed E-state index contributed by atoms with van der Waals surface area (Å²) in [5.41, 5.74) is 2.33. The van der Waals surface area contributed by atoms with Crippen LogP contribution in [0, 0.1) is 0 Å². The third-order valence-electron chi connectivity index (χ3n) is 6.04. The van der Waals surface area contributed by atoms with E-state index in [-0.39, 0.29) is 5.41 Å². The first-order valence-electron chi connectivity index (χ1n) is 11.1. The number of hydrogen-bond donors (Lipinski definition) is 0. The van der Waals surface area contributed by atoms with Gasteiger partial charge >= 0.3 is 172 Å². The third kappa shape index (κ3) is 5.27. The number of rotatable bonds is 10. The first kappa shape index (κ1) is 22.7. The number of fused-ring (bicyclic) bond motifs is 1. The van der Waals surface area contributed by atoms with Crippen molar-refractivity contribution in [3.63, 3.8) is 0 Å². The molecule has 0 saturated carbocycles. The Balaban J connectivity index is 2.60. The second-order valence-electron chi connectivity index (χ2n) is 9.41. The van der Waals surface area contributed by atoms with E-state index in [1.807, 2.05) is 0 Å². The molecule has 4 heteroatoms. The topological polar surface area (TPSA) is 30.7 Å². The van der Waals surface area contributed by atoms with Gasteiger partial charge in [0.15, 0.2) is 0 Å². The van der Waals surface area contributed by atoms with Crippen LogP contribution in [0.25, 0.3) is 11.0 Å². The van der Waals surface area contributed by atoms with Crippen LogP contribution in [-0.2, 0) is 12.5 Å². The van der Waals surface area contributed by atoms with Gasteiger partial charge < -0.3 is 0 Å². The molecule has 2 aromatic heterocycles. The van der Waals surface area contributed by atoms with Gasteiger partial charge in [0.25, 0.3) is 0 Å². The van der Waals surface area contributed by atoms with E-state index in [0.717, 1.165) is 5.65 Å². The van der Waals surface area contributed by atoms with Crippen LogP contribution in [0.5, 0.6) is 0 Å². The fourth-order valence-electron chi connectivity index (χ4n) is 4.61. The quantitative estimate of drug-likeness (QED) is 0.374. The van der Waals surface area contributed by atoms with E-state index in [1.54, 1.807) is 3.58 Å². The molecule has 0 fully saturated rings. The van der Waals surface area contributed by atoms with Crippen LogP contribution in [0.15, 0.2) is 12.3 Å². The van der Waals surface area contributed by atoms with Crippen molar-refractivity contribution in [1.29, 1.82) is 0 Å². The molecule has 0 saturated heterocycles. The van der Waals surface area contributed by atoms with Gasteiger partial charge in [-0.2, -0.15) is 0 Å². The molecule has 0 bridgehead atoms. The van der Waals surface area contributed by atoms with Gasteiger partial charge in [0.1, 0.15) is 0 Å². The third-order valence-corrected chi connectivity index (χ3v) is 21.5. The summed E-state index contributed by atoms with van der Waals surface area (Å²) in [5.74, 6) is 0. The number of nitrogens with zero attached hydrogens (tertiary/aromatic N) is 3. The maximum atomic E-state index is 4.89. The van der Waals surface area contributed by atoms with E-state index >= 15 is 0 Å². The summed E-state index contributed by atoms with van der Waals surface area (Å²) >= 11 is -2.44. The molecule has 0 radical (unpaired) electrons. The summed E-state index contributed by atoms with van der Waals surface area (Å²) in [7, 11) is 2.07. The summed E-state index contributed by atoms with van der Waals surface area (Å²) in [6.07, 6.45) is 10.3. The standard InChI is InChI=1S/C11H14N3.3C4H9.Sn/c1-11(2,3)9-8-6-5-7-12-10(8)13-14(9)4;3*1-3-4-2;/h6-7H,1-4H3;3*1,3-4H2,2H3;. The van der Waals surface area contributed by atoms with Gasteiger partial charge in [-0.1, -0.05) is 0 Å². The Bertz CT molecular complexity index is 705. The van der Waals surface area contributed by atoms with Gasteiger partial charge in [-0.15, -0.1) is 0 Å². The van der Waals surface area contributed by atoms with Crippen LogP contribution in [0.3, 0.4) is 0 Å². The van der Waals surface area contributed by atoms with Crippen molar-refractivity contribution in [2.45, 2.75) is 98.8 Å². The zero-order valence-electron chi connectivity index (χ0n) is 18.9. The van der Waals surface area contributed by atoms with Crippen molar-refractivity contribution < 1.29 is 0 Å². The second-order valence-corrected chi connectivity index (χ2v) is 22.6. The van der Waals surface area contributed by atoms with Crippen molar-refractivity contribution in [3.05, 3.63) is 18.0 Å². The van der Waals surface area contributed by atoms with E-state index in [1.165, 1.54) is 62.9 Å². The minimum atomic E-state index is -2.44. The van der Waals surface area contributed by atoms with Crippen molar-refractivity contribution in [2.75, 3.05) is 0 Å². The molecule has 152 valence electrons. The fraction of sp³-hybridized carbons (Fsp3) is 0.739. The van der Waals surface area contributed by atoms with Gasteiger partial charge in [0, 0.05) is 0 Å². The first-order valence-corrected chi connectivity index (χ1v) is 18.6.